The van der Waals surface area contributed by atoms with Crippen molar-refractivity contribution in [2.45, 2.75) is 19.6 Å². The zero-order chi connectivity index (χ0) is 15.0. The summed E-state index contributed by atoms with van der Waals surface area (Å²) in [5, 5.41) is 2.59. The third-order valence-electron chi connectivity index (χ3n) is 2.81. The van der Waals surface area contributed by atoms with Crippen molar-refractivity contribution in [1.82, 2.24) is 9.55 Å². The molecular weight excluding hydrogens is 292 g/mol. The Labute approximate surface area is 124 Å². The van der Waals surface area contributed by atoms with Crippen LogP contribution in [0.3, 0.4) is 0 Å². The Morgan fingerprint density at radius 3 is 2.62 bits per heavy atom. The van der Waals surface area contributed by atoms with E-state index in [0.717, 1.165) is 5.13 Å². The smallest absolute Gasteiger partial charge is 0.348 e. The van der Waals surface area contributed by atoms with E-state index in [9.17, 15) is 9.59 Å². The molecule has 0 bridgehead atoms. The Morgan fingerprint density at radius 2 is 2.00 bits per heavy atom. The van der Waals surface area contributed by atoms with Gasteiger partial charge in [-0.1, -0.05) is 0 Å². The molecule has 0 saturated carbocycles. The third kappa shape index (κ3) is 2.59. The van der Waals surface area contributed by atoms with Crippen LogP contribution in [-0.4, -0.2) is 27.3 Å². The Bertz CT molecular complexity index is 706. The molecule has 0 amide bonds. The fourth-order valence-electron chi connectivity index (χ4n) is 1.95. The standard InChI is InChI=1S/C14H12N2O4S/c1-14(2)19-11(17)10(12(18)20-14)8-9-4-3-6-16(9)13-15-5-7-21-13/h3-8H,1-2H3. The highest BCUT2D eigenvalue weighted by Gasteiger charge is 2.39. The summed E-state index contributed by atoms with van der Waals surface area (Å²) < 4.78 is 11.9. The molecule has 1 fully saturated rings. The van der Waals surface area contributed by atoms with Crippen LogP contribution < -0.4 is 0 Å². The maximum absolute atomic E-state index is 11.9. The number of hydrogen-bond acceptors (Lipinski definition) is 6. The van der Waals surface area contributed by atoms with Crippen LogP contribution in [-0.2, 0) is 19.1 Å². The van der Waals surface area contributed by atoms with Gasteiger partial charge in [0.2, 0.25) is 0 Å². The van der Waals surface area contributed by atoms with E-state index in [1.807, 2.05) is 5.38 Å². The highest BCUT2D eigenvalue weighted by atomic mass is 32.1. The van der Waals surface area contributed by atoms with E-state index in [2.05, 4.69) is 4.98 Å². The molecule has 1 saturated heterocycles. The molecular formula is C14H12N2O4S. The van der Waals surface area contributed by atoms with E-state index in [-0.39, 0.29) is 5.57 Å². The minimum Gasteiger partial charge on any atom is -0.419 e. The number of carbonyl (C=O) groups excluding carboxylic acids is 2. The lowest BCUT2D eigenvalue weighted by atomic mass is 10.2. The molecule has 2 aromatic rings. The summed E-state index contributed by atoms with van der Waals surface area (Å²) in [7, 11) is 0. The number of carbonyl (C=O) groups is 2. The van der Waals surface area contributed by atoms with Crippen LogP contribution in [0.25, 0.3) is 11.2 Å². The Kier molecular flexibility index (Phi) is 3.13. The monoisotopic (exact) mass is 304 g/mol. The maximum atomic E-state index is 11.9. The normalized spacial score (nSPS) is 17.3. The number of aromatic nitrogens is 2. The predicted octanol–water partition coefficient (Wildman–Crippen LogP) is 2.15. The second-order valence-electron chi connectivity index (χ2n) is 4.85. The highest BCUT2D eigenvalue weighted by molar-refractivity contribution is 7.12. The number of esters is 2. The van der Waals surface area contributed by atoms with Crippen LogP contribution >= 0.6 is 11.3 Å². The molecule has 0 spiro atoms. The van der Waals surface area contributed by atoms with Crippen molar-refractivity contribution in [3.8, 4) is 5.13 Å². The first-order chi connectivity index (χ1) is 9.96. The van der Waals surface area contributed by atoms with Crippen molar-refractivity contribution in [2.24, 2.45) is 0 Å². The van der Waals surface area contributed by atoms with Gasteiger partial charge < -0.3 is 9.47 Å². The number of ether oxygens (including phenoxy) is 2. The van der Waals surface area contributed by atoms with Gasteiger partial charge in [-0.05, 0) is 18.2 Å². The number of hydrogen-bond donors (Lipinski definition) is 0. The van der Waals surface area contributed by atoms with E-state index in [4.69, 9.17) is 9.47 Å². The SMILES string of the molecule is CC1(C)OC(=O)C(=Cc2cccn2-c2nccs2)C(=O)O1. The van der Waals surface area contributed by atoms with Crippen molar-refractivity contribution in [3.63, 3.8) is 0 Å². The minimum absolute atomic E-state index is 0.133. The third-order valence-corrected chi connectivity index (χ3v) is 3.59. The van der Waals surface area contributed by atoms with Crippen LogP contribution in [0, 0.1) is 0 Å². The summed E-state index contributed by atoms with van der Waals surface area (Å²) in [6, 6.07) is 3.58. The van der Waals surface area contributed by atoms with Crippen LogP contribution in [0.5, 0.6) is 0 Å². The first kappa shape index (κ1) is 13.6. The lowest BCUT2D eigenvalue weighted by Gasteiger charge is -2.29. The predicted molar refractivity (Wildman–Crippen MR) is 75.7 cm³/mol. The number of thiazole rings is 1. The van der Waals surface area contributed by atoms with Crippen molar-refractivity contribution >= 4 is 29.4 Å². The highest BCUT2D eigenvalue weighted by Crippen LogP contribution is 2.25. The summed E-state index contributed by atoms with van der Waals surface area (Å²) in [5.41, 5.74) is 0.513. The van der Waals surface area contributed by atoms with Gasteiger partial charge in [-0.2, -0.15) is 0 Å². The number of rotatable bonds is 2. The molecule has 0 aromatic carbocycles. The second-order valence-corrected chi connectivity index (χ2v) is 5.73. The van der Waals surface area contributed by atoms with Gasteiger partial charge in [0.25, 0.3) is 5.79 Å². The molecule has 7 heteroatoms. The van der Waals surface area contributed by atoms with E-state index >= 15 is 0 Å². The van der Waals surface area contributed by atoms with Gasteiger partial charge in [0.1, 0.15) is 5.57 Å². The largest absolute Gasteiger partial charge is 0.419 e. The maximum Gasteiger partial charge on any atom is 0.348 e. The van der Waals surface area contributed by atoms with Crippen LogP contribution in [0.2, 0.25) is 0 Å². The lowest BCUT2D eigenvalue weighted by Crippen LogP contribution is -2.41. The Morgan fingerprint density at radius 1 is 1.29 bits per heavy atom. The van der Waals surface area contributed by atoms with E-state index < -0.39 is 17.7 Å². The van der Waals surface area contributed by atoms with E-state index in [1.165, 1.54) is 31.3 Å². The van der Waals surface area contributed by atoms with Crippen molar-refractivity contribution in [2.75, 3.05) is 0 Å². The molecule has 108 valence electrons. The zero-order valence-corrected chi connectivity index (χ0v) is 12.2. The topological polar surface area (TPSA) is 70.4 Å². The molecule has 3 heterocycles. The second kappa shape index (κ2) is 4.85. The summed E-state index contributed by atoms with van der Waals surface area (Å²) >= 11 is 1.45. The van der Waals surface area contributed by atoms with Gasteiger partial charge in [0.15, 0.2) is 5.13 Å². The molecule has 1 aliphatic rings. The van der Waals surface area contributed by atoms with Crippen LogP contribution in [0.4, 0.5) is 0 Å². The first-order valence-electron chi connectivity index (χ1n) is 6.22. The van der Waals surface area contributed by atoms with Crippen molar-refractivity contribution < 1.29 is 19.1 Å². The molecule has 0 N–H and O–H groups in total. The first-order valence-corrected chi connectivity index (χ1v) is 7.10. The van der Waals surface area contributed by atoms with Crippen LogP contribution in [0.15, 0.2) is 35.5 Å². The average Bonchev–Trinajstić information content (AvgIpc) is 3.03. The van der Waals surface area contributed by atoms with Crippen molar-refractivity contribution in [3.05, 3.63) is 41.2 Å². The molecule has 1 aliphatic heterocycles. The van der Waals surface area contributed by atoms with Gasteiger partial charge in [-0.25, -0.2) is 14.6 Å². The van der Waals surface area contributed by atoms with E-state index in [0.29, 0.717) is 5.69 Å². The molecule has 0 radical (unpaired) electrons. The number of nitrogens with zero attached hydrogens (tertiary/aromatic N) is 2. The average molecular weight is 304 g/mol. The number of cyclic esters (lactones) is 2. The molecule has 0 aliphatic carbocycles. The summed E-state index contributed by atoms with van der Waals surface area (Å²) in [6.07, 6.45) is 4.93. The fourth-order valence-corrected chi connectivity index (χ4v) is 2.59. The molecule has 3 rings (SSSR count). The molecule has 2 aromatic heterocycles. The van der Waals surface area contributed by atoms with Crippen LogP contribution in [0.1, 0.15) is 19.5 Å². The molecule has 0 unspecified atom stereocenters. The minimum atomic E-state index is -1.23. The summed E-state index contributed by atoms with van der Waals surface area (Å²) in [6.45, 7) is 3.02. The zero-order valence-electron chi connectivity index (χ0n) is 11.4. The molecule has 6 nitrogen and oxygen atoms in total. The molecule has 21 heavy (non-hydrogen) atoms. The Balaban J connectivity index is 1.98. The quantitative estimate of drug-likeness (QED) is 0.483. The Hall–Kier alpha value is -2.41. The molecule has 0 atom stereocenters. The van der Waals surface area contributed by atoms with E-state index in [1.54, 1.807) is 29.1 Å². The van der Waals surface area contributed by atoms with Gasteiger partial charge in [-0.3, -0.25) is 4.57 Å². The lowest BCUT2D eigenvalue weighted by molar-refractivity contribution is -0.222. The van der Waals surface area contributed by atoms with Gasteiger partial charge >= 0.3 is 11.9 Å². The van der Waals surface area contributed by atoms with Crippen molar-refractivity contribution in [1.29, 1.82) is 0 Å². The summed E-state index contributed by atoms with van der Waals surface area (Å²) in [5.74, 6) is -2.62. The summed E-state index contributed by atoms with van der Waals surface area (Å²) in [4.78, 5) is 28.1. The van der Waals surface area contributed by atoms with Gasteiger partial charge in [0.05, 0.1) is 0 Å². The van der Waals surface area contributed by atoms with Gasteiger partial charge in [-0.15, -0.1) is 11.3 Å². The fraction of sp³-hybridized carbons (Fsp3) is 0.214. The van der Waals surface area contributed by atoms with Gasteiger partial charge in [0, 0.05) is 37.3 Å².